The lowest BCUT2D eigenvalue weighted by Crippen LogP contribution is -1.93. The van der Waals surface area contributed by atoms with Gasteiger partial charge in [-0.1, -0.05) is 77.4 Å². The van der Waals surface area contributed by atoms with Gasteiger partial charge in [-0.05, 0) is 31.6 Å². The molecule has 0 spiro atoms. The van der Waals surface area contributed by atoms with Crippen LogP contribution in [-0.2, 0) is 0 Å². The van der Waals surface area contributed by atoms with Gasteiger partial charge in [0.2, 0.25) is 0 Å². The van der Waals surface area contributed by atoms with Crippen LogP contribution in [0.2, 0.25) is 0 Å². The maximum absolute atomic E-state index is 8.69. The lowest BCUT2D eigenvalue weighted by Gasteiger charge is -2.08. The van der Waals surface area contributed by atoms with Crippen LogP contribution in [0.5, 0.6) is 0 Å². The fraction of sp³-hybridized carbons (Fsp3) is 0.889. The van der Waals surface area contributed by atoms with Crippen molar-refractivity contribution in [1.29, 1.82) is 0 Å². The van der Waals surface area contributed by atoms with Crippen molar-refractivity contribution in [3.8, 4) is 0 Å². The molecule has 1 nitrogen and oxygen atoms in total. The minimum absolute atomic E-state index is 0.363. The van der Waals surface area contributed by atoms with Crippen LogP contribution >= 0.6 is 0 Å². The first-order chi connectivity index (χ1) is 9.31. The molecule has 0 aromatic rings. The average molecular weight is 268 g/mol. The van der Waals surface area contributed by atoms with Crippen molar-refractivity contribution < 1.29 is 5.11 Å². The van der Waals surface area contributed by atoms with Gasteiger partial charge >= 0.3 is 0 Å². The number of hydrogen-bond acceptors (Lipinski definition) is 1. The standard InChI is InChI=1S/C18H36O/c1-3-4-5-6-9-12-15-18(2)16-13-10-7-8-11-14-17-19/h9,12,18-19H,3-8,10-11,13-17H2,1-2H3/b12-9-. The molecule has 1 atom stereocenters. The molecule has 0 rings (SSSR count). The van der Waals surface area contributed by atoms with E-state index in [1.54, 1.807) is 0 Å². The minimum atomic E-state index is 0.363. The first-order valence-electron chi connectivity index (χ1n) is 8.57. The van der Waals surface area contributed by atoms with E-state index in [1.807, 2.05) is 0 Å². The van der Waals surface area contributed by atoms with Crippen molar-refractivity contribution in [1.82, 2.24) is 0 Å². The van der Waals surface area contributed by atoms with E-state index in [-0.39, 0.29) is 0 Å². The van der Waals surface area contributed by atoms with Gasteiger partial charge < -0.3 is 5.11 Å². The Morgan fingerprint density at radius 1 is 0.842 bits per heavy atom. The molecular weight excluding hydrogens is 232 g/mol. The van der Waals surface area contributed by atoms with Gasteiger partial charge in [-0.25, -0.2) is 0 Å². The molecule has 0 radical (unpaired) electrons. The molecule has 0 fully saturated rings. The monoisotopic (exact) mass is 268 g/mol. The first-order valence-corrected chi connectivity index (χ1v) is 8.57. The van der Waals surface area contributed by atoms with E-state index in [1.165, 1.54) is 70.6 Å². The zero-order valence-corrected chi connectivity index (χ0v) is 13.4. The second kappa shape index (κ2) is 15.8. The van der Waals surface area contributed by atoms with E-state index < -0.39 is 0 Å². The first kappa shape index (κ1) is 18.7. The lowest BCUT2D eigenvalue weighted by atomic mass is 9.98. The number of aliphatic hydroxyl groups excluding tert-OH is 1. The molecule has 1 N–H and O–H groups in total. The number of unbranched alkanes of at least 4 members (excludes halogenated alkanes) is 8. The molecule has 0 saturated carbocycles. The summed E-state index contributed by atoms with van der Waals surface area (Å²) in [5.41, 5.74) is 0. The lowest BCUT2D eigenvalue weighted by molar-refractivity contribution is 0.282. The fourth-order valence-corrected chi connectivity index (χ4v) is 2.39. The highest BCUT2D eigenvalue weighted by Crippen LogP contribution is 2.15. The Balaban J connectivity index is 3.22. The Bertz CT molecular complexity index is 186. The highest BCUT2D eigenvalue weighted by atomic mass is 16.2. The molecule has 0 aromatic carbocycles. The smallest absolute Gasteiger partial charge is 0.0431 e. The molecule has 0 heterocycles. The molecule has 114 valence electrons. The molecule has 0 aliphatic carbocycles. The van der Waals surface area contributed by atoms with Crippen molar-refractivity contribution in [2.45, 2.75) is 90.9 Å². The van der Waals surface area contributed by atoms with Gasteiger partial charge in [0.05, 0.1) is 0 Å². The molecule has 0 amide bonds. The Morgan fingerprint density at radius 3 is 2.21 bits per heavy atom. The number of rotatable bonds is 14. The van der Waals surface area contributed by atoms with Gasteiger partial charge in [-0.2, -0.15) is 0 Å². The van der Waals surface area contributed by atoms with Crippen molar-refractivity contribution in [2.75, 3.05) is 6.61 Å². The number of hydrogen-bond donors (Lipinski definition) is 1. The molecule has 1 heteroatoms. The summed E-state index contributed by atoms with van der Waals surface area (Å²) in [7, 11) is 0. The van der Waals surface area contributed by atoms with Crippen LogP contribution in [0.15, 0.2) is 12.2 Å². The van der Waals surface area contributed by atoms with Gasteiger partial charge in [-0.3, -0.25) is 0 Å². The van der Waals surface area contributed by atoms with Crippen LogP contribution < -0.4 is 0 Å². The van der Waals surface area contributed by atoms with Gasteiger partial charge in [0.15, 0.2) is 0 Å². The van der Waals surface area contributed by atoms with Crippen LogP contribution in [0.4, 0.5) is 0 Å². The van der Waals surface area contributed by atoms with Crippen LogP contribution in [0.3, 0.4) is 0 Å². The van der Waals surface area contributed by atoms with Crippen LogP contribution in [-0.4, -0.2) is 11.7 Å². The maximum Gasteiger partial charge on any atom is 0.0431 e. The largest absolute Gasteiger partial charge is 0.396 e. The quantitative estimate of drug-likeness (QED) is 0.308. The Morgan fingerprint density at radius 2 is 1.53 bits per heavy atom. The minimum Gasteiger partial charge on any atom is -0.396 e. The summed E-state index contributed by atoms with van der Waals surface area (Å²) in [6.07, 6.45) is 20.3. The second-order valence-corrected chi connectivity index (χ2v) is 5.94. The van der Waals surface area contributed by atoms with E-state index in [0.717, 1.165) is 12.3 Å². The summed E-state index contributed by atoms with van der Waals surface area (Å²) in [4.78, 5) is 0. The molecular formula is C18H36O. The zero-order chi connectivity index (χ0) is 14.2. The summed E-state index contributed by atoms with van der Waals surface area (Å²) in [6, 6.07) is 0. The summed E-state index contributed by atoms with van der Waals surface area (Å²) in [5.74, 6) is 0.847. The summed E-state index contributed by atoms with van der Waals surface area (Å²) in [6.45, 7) is 5.00. The predicted octanol–water partition coefficient (Wildman–Crippen LogP) is 5.87. The van der Waals surface area contributed by atoms with Crippen molar-refractivity contribution in [2.24, 2.45) is 5.92 Å². The predicted molar refractivity (Wildman–Crippen MR) is 86.5 cm³/mol. The second-order valence-electron chi connectivity index (χ2n) is 5.94. The number of allylic oxidation sites excluding steroid dienone is 2. The maximum atomic E-state index is 8.69. The molecule has 0 aliphatic heterocycles. The third kappa shape index (κ3) is 15.6. The molecule has 0 bridgehead atoms. The van der Waals surface area contributed by atoms with Crippen molar-refractivity contribution >= 4 is 0 Å². The molecule has 0 saturated heterocycles. The van der Waals surface area contributed by atoms with Crippen LogP contribution in [0, 0.1) is 5.92 Å². The van der Waals surface area contributed by atoms with E-state index in [2.05, 4.69) is 26.0 Å². The van der Waals surface area contributed by atoms with Gasteiger partial charge in [0.1, 0.15) is 0 Å². The van der Waals surface area contributed by atoms with E-state index in [4.69, 9.17) is 5.11 Å². The Hall–Kier alpha value is -0.300. The van der Waals surface area contributed by atoms with E-state index in [0.29, 0.717) is 6.61 Å². The van der Waals surface area contributed by atoms with Crippen molar-refractivity contribution in [3.63, 3.8) is 0 Å². The molecule has 1 unspecified atom stereocenters. The van der Waals surface area contributed by atoms with Crippen LogP contribution in [0.25, 0.3) is 0 Å². The average Bonchev–Trinajstić information content (AvgIpc) is 2.41. The zero-order valence-electron chi connectivity index (χ0n) is 13.4. The van der Waals surface area contributed by atoms with Gasteiger partial charge in [-0.15, -0.1) is 0 Å². The van der Waals surface area contributed by atoms with Gasteiger partial charge in [0.25, 0.3) is 0 Å². The Labute approximate surface area is 121 Å². The number of aliphatic hydroxyl groups is 1. The highest BCUT2D eigenvalue weighted by Gasteiger charge is 1.99. The van der Waals surface area contributed by atoms with Gasteiger partial charge in [0, 0.05) is 6.61 Å². The Kier molecular flexibility index (Phi) is 15.5. The highest BCUT2D eigenvalue weighted by molar-refractivity contribution is 4.83. The topological polar surface area (TPSA) is 20.2 Å². The fourth-order valence-electron chi connectivity index (χ4n) is 2.39. The molecule has 19 heavy (non-hydrogen) atoms. The normalized spacial score (nSPS) is 13.2. The molecule has 0 aromatic heterocycles. The van der Waals surface area contributed by atoms with E-state index >= 15 is 0 Å². The van der Waals surface area contributed by atoms with Crippen molar-refractivity contribution in [3.05, 3.63) is 12.2 Å². The third-order valence-electron chi connectivity index (χ3n) is 3.78. The van der Waals surface area contributed by atoms with Crippen LogP contribution in [0.1, 0.15) is 90.9 Å². The summed E-state index contributed by atoms with van der Waals surface area (Å²) < 4.78 is 0. The SMILES string of the molecule is CCCCC/C=C\CC(C)CCCCCCCCO. The summed E-state index contributed by atoms with van der Waals surface area (Å²) >= 11 is 0. The molecule has 0 aliphatic rings. The third-order valence-corrected chi connectivity index (χ3v) is 3.78. The summed E-state index contributed by atoms with van der Waals surface area (Å²) in [5, 5.41) is 8.69. The van der Waals surface area contributed by atoms with E-state index in [9.17, 15) is 0 Å².